The third kappa shape index (κ3) is 5.74. The van der Waals surface area contributed by atoms with Crippen molar-refractivity contribution in [2.45, 2.75) is 32.6 Å². The van der Waals surface area contributed by atoms with Gasteiger partial charge in [-0.25, -0.2) is 4.58 Å². The van der Waals surface area contributed by atoms with Crippen LogP contribution in [0, 0.1) is 11.8 Å². The fourth-order valence-electron chi connectivity index (χ4n) is 4.69. The van der Waals surface area contributed by atoms with Crippen LogP contribution in [0.3, 0.4) is 0 Å². The van der Waals surface area contributed by atoms with Gasteiger partial charge in [0.25, 0.3) is 0 Å². The smallest absolute Gasteiger partial charge is 0.228 e. The number of carbonyl (C=O) groups excluding carboxylic acids is 1. The van der Waals surface area contributed by atoms with E-state index in [4.69, 9.17) is 0 Å². The maximum absolute atomic E-state index is 13.9. The summed E-state index contributed by atoms with van der Waals surface area (Å²) in [6.45, 7) is 7.70. The van der Waals surface area contributed by atoms with E-state index >= 15 is 0 Å². The van der Waals surface area contributed by atoms with E-state index in [0.717, 1.165) is 76.3 Å². The summed E-state index contributed by atoms with van der Waals surface area (Å²) in [4.78, 5) is 20.3. The molecule has 1 aromatic rings. The van der Waals surface area contributed by atoms with Gasteiger partial charge in [-0.05, 0) is 43.2 Å². The number of rotatable bonds is 9. The van der Waals surface area contributed by atoms with Crippen LogP contribution >= 0.6 is 0 Å². The third-order valence-electron chi connectivity index (χ3n) is 6.68. The molecular weight excluding hydrogens is 398 g/mol. The first-order valence-corrected chi connectivity index (χ1v) is 12.0. The first-order chi connectivity index (χ1) is 15.7. The zero-order valence-corrected chi connectivity index (χ0v) is 19.2. The fraction of sp³-hybridized carbons (Fsp3) is 0.500. The maximum Gasteiger partial charge on any atom is 0.228 e. The summed E-state index contributed by atoms with van der Waals surface area (Å²) in [5.74, 6) is 0.635. The molecule has 2 unspecified atom stereocenters. The minimum absolute atomic E-state index is 0.0245. The minimum atomic E-state index is 0.0245. The van der Waals surface area contributed by atoms with E-state index in [1.807, 2.05) is 18.7 Å². The lowest BCUT2D eigenvalue weighted by molar-refractivity contribution is -0.405. The van der Waals surface area contributed by atoms with E-state index in [1.165, 1.54) is 5.56 Å². The standard InChI is InChI=1S/C26H36N5O/c1-21-7-5-10-24(31-17-14-27-15-18-31)25(29-13-6-16-30-19-28-20-30)26(32)23(21)12-11-22-8-3-2-4-9-22/h2-5,8-10,19-21,23,27,29H,6-7,11-18H2,1H3/q+1/b10-5+,25-24-. The average Bonchev–Trinajstić information content (AvgIpc) is 2.79. The molecular formula is C26H36N5O+. The van der Waals surface area contributed by atoms with Crippen molar-refractivity contribution in [1.29, 1.82) is 0 Å². The van der Waals surface area contributed by atoms with E-state index in [1.54, 1.807) is 0 Å². The van der Waals surface area contributed by atoms with Gasteiger partial charge in [0.05, 0.1) is 12.2 Å². The van der Waals surface area contributed by atoms with Gasteiger partial charge in [-0.2, -0.15) is 0 Å². The molecule has 1 aromatic carbocycles. The zero-order valence-electron chi connectivity index (χ0n) is 19.2. The maximum atomic E-state index is 13.9. The highest BCUT2D eigenvalue weighted by Crippen LogP contribution is 2.29. The zero-order chi connectivity index (χ0) is 22.2. The number of hydrogen-bond donors (Lipinski definition) is 2. The summed E-state index contributed by atoms with van der Waals surface area (Å²) in [5, 5.41) is 7.00. The van der Waals surface area contributed by atoms with E-state index < -0.39 is 0 Å². The first kappa shape index (κ1) is 22.5. The van der Waals surface area contributed by atoms with Crippen LogP contribution in [0.1, 0.15) is 31.7 Å². The Balaban J connectivity index is 1.52. The number of nitrogens with zero attached hydrogens (tertiary/aromatic N) is 3. The molecule has 2 aliphatic heterocycles. The molecule has 0 aromatic heterocycles. The van der Waals surface area contributed by atoms with Gasteiger partial charge in [-0.15, -0.1) is 0 Å². The van der Waals surface area contributed by atoms with Gasteiger partial charge < -0.3 is 15.5 Å². The number of allylic oxidation sites excluding steroid dienone is 3. The van der Waals surface area contributed by atoms with Crippen molar-refractivity contribution in [3.05, 3.63) is 59.4 Å². The van der Waals surface area contributed by atoms with Gasteiger partial charge in [0, 0.05) is 38.6 Å². The molecule has 0 amide bonds. The number of piperazine rings is 1. The number of ketones is 1. The Kier molecular flexibility index (Phi) is 7.88. The van der Waals surface area contributed by atoms with Gasteiger partial charge in [0.15, 0.2) is 5.78 Å². The predicted molar refractivity (Wildman–Crippen MR) is 130 cm³/mol. The monoisotopic (exact) mass is 434 g/mol. The van der Waals surface area contributed by atoms with Crippen LogP contribution in [-0.4, -0.2) is 67.2 Å². The van der Waals surface area contributed by atoms with Crippen LogP contribution in [0.4, 0.5) is 0 Å². The molecule has 1 saturated heterocycles. The van der Waals surface area contributed by atoms with Crippen molar-refractivity contribution < 1.29 is 9.37 Å². The van der Waals surface area contributed by atoms with E-state index in [2.05, 4.69) is 68.4 Å². The molecule has 1 aliphatic carbocycles. The second-order valence-corrected chi connectivity index (χ2v) is 9.01. The van der Waals surface area contributed by atoms with E-state index in [-0.39, 0.29) is 11.7 Å². The highest BCUT2D eigenvalue weighted by molar-refractivity contribution is 5.98. The Morgan fingerprint density at radius 3 is 2.72 bits per heavy atom. The molecule has 0 saturated carbocycles. The quantitative estimate of drug-likeness (QED) is 0.463. The van der Waals surface area contributed by atoms with Gasteiger partial charge in [0.2, 0.25) is 12.7 Å². The number of benzene rings is 1. The largest absolute Gasteiger partial charge is 0.380 e. The van der Waals surface area contributed by atoms with E-state index in [9.17, 15) is 4.79 Å². The molecule has 170 valence electrons. The van der Waals surface area contributed by atoms with Crippen molar-refractivity contribution in [3.63, 3.8) is 0 Å². The molecule has 6 heteroatoms. The van der Waals surface area contributed by atoms with Crippen LogP contribution in [0.5, 0.6) is 0 Å². The summed E-state index contributed by atoms with van der Waals surface area (Å²) in [6.07, 6.45) is 11.9. The SMILES string of the molecule is CC1C/C=C/C(N2CCNCC2)=C(/NCCC[N+]2=CN=C2)C(=O)C1CCc1ccccc1. The Hall–Kier alpha value is -2.73. The lowest BCUT2D eigenvalue weighted by Crippen LogP contribution is -2.45. The molecule has 2 heterocycles. The molecule has 32 heavy (non-hydrogen) atoms. The molecule has 0 bridgehead atoms. The molecule has 0 radical (unpaired) electrons. The van der Waals surface area contributed by atoms with Crippen LogP contribution in [0.15, 0.2) is 58.9 Å². The van der Waals surface area contributed by atoms with Gasteiger partial charge in [-0.3, -0.25) is 4.79 Å². The lowest BCUT2D eigenvalue weighted by Gasteiger charge is -2.34. The van der Waals surface area contributed by atoms with Crippen molar-refractivity contribution in [2.75, 3.05) is 39.3 Å². The molecule has 1 fully saturated rings. The summed E-state index contributed by atoms with van der Waals surface area (Å²) in [5.41, 5.74) is 3.19. The molecule has 3 aliphatic rings. The van der Waals surface area contributed by atoms with Crippen LogP contribution in [-0.2, 0) is 11.2 Å². The molecule has 2 atom stereocenters. The highest BCUT2D eigenvalue weighted by Gasteiger charge is 2.31. The van der Waals surface area contributed by atoms with Crippen molar-refractivity contribution in [2.24, 2.45) is 16.8 Å². The second-order valence-electron chi connectivity index (χ2n) is 9.01. The summed E-state index contributed by atoms with van der Waals surface area (Å²) >= 11 is 0. The number of aryl methyl sites for hydroxylation is 1. The number of carbonyl (C=O) groups is 1. The summed E-state index contributed by atoms with van der Waals surface area (Å²) in [6, 6.07) is 10.5. The van der Waals surface area contributed by atoms with Crippen molar-refractivity contribution >= 4 is 18.5 Å². The normalized spacial score (nSPS) is 26.7. The first-order valence-electron chi connectivity index (χ1n) is 12.0. The topological polar surface area (TPSA) is 59.7 Å². The van der Waals surface area contributed by atoms with Crippen molar-refractivity contribution in [1.82, 2.24) is 15.5 Å². The second kappa shape index (κ2) is 11.2. The highest BCUT2D eigenvalue weighted by atomic mass is 16.1. The average molecular weight is 435 g/mol. The lowest BCUT2D eigenvalue weighted by atomic mass is 9.80. The number of aliphatic imine (C=N–C) groups is 1. The van der Waals surface area contributed by atoms with Crippen LogP contribution < -0.4 is 10.6 Å². The van der Waals surface area contributed by atoms with Gasteiger partial charge >= 0.3 is 0 Å². The molecule has 4 rings (SSSR count). The Morgan fingerprint density at radius 2 is 2.00 bits per heavy atom. The number of hydrogen-bond acceptors (Lipinski definition) is 5. The van der Waals surface area contributed by atoms with Crippen LogP contribution in [0.25, 0.3) is 0 Å². The van der Waals surface area contributed by atoms with Gasteiger partial charge in [-0.1, -0.05) is 48.3 Å². The predicted octanol–water partition coefficient (Wildman–Crippen LogP) is 2.58. The Bertz CT molecular complexity index is 896. The molecule has 0 spiro atoms. The summed E-state index contributed by atoms with van der Waals surface area (Å²) in [7, 11) is 0. The van der Waals surface area contributed by atoms with Crippen molar-refractivity contribution in [3.8, 4) is 0 Å². The number of Topliss-reactive ketones (excluding diaryl/α,β-unsaturated/α-hetero) is 1. The molecule has 2 N–H and O–H groups in total. The minimum Gasteiger partial charge on any atom is -0.380 e. The summed E-state index contributed by atoms with van der Waals surface area (Å²) < 4.78 is 2.08. The molecule has 6 nitrogen and oxygen atoms in total. The fourth-order valence-corrected chi connectivity index (χ4v) is 4.69. The Labute approximate surface area is 191 Å². The number of nitrogens with one attached hydrogen (secondary N) is 2. The van der Waals surface area contributed by atoms with Gasteiger partial charge in [0.1, 0.15) is 5.70 Å². The van der Waals surface area contributed by atoms with E-state index in [0.29, 0.717) is 5.92 Å². The van der Waals surface area contributed by atoms with Crippen LogP contribution in [0.2, 0.25) is 0 Å². The Morgan fingerprint density at radius 1 is 1.22 bits per heavy atom. The third-order valence-corrected chi connectivity index (χ3v) is 6.68.